The summed E-state index contributed by atoms with van der Waals surface area (Å²) in [6.45, 7) is 3.31. The van der Waals surface area contributed by atoms with Crippen molar-refractivity contribution in [1.82, 2.24) is 9.80 Å². The van der Waals surface area contributed by atoms with E-state index >= 15 is 0 Å². The molecule has 2 N–H and O–H groups in total. The van der Waals surface area contributed by atoms with Gasteiger partial charge in [-0.1, -0.05) is 13.3 Å². The summed E-state index contributed by atoms with van der Waals surface area (Å²) < 4.78 is 0. The number of rotatable bonds is 4. The van der Waals surface area contributed by atoms with E-state index in [0.717, 1.165) is 25.7 Å². The van der Waals surface area contributed by atoms with Crippen molar-refractivity contribution < 1.29 is 19.8 Å². The van der Waals surface area contributed by atoms with Crippen LogP contribution in [0.25, 0.3) is 0 Å². The Balaban J connectivity index is 2.10. The van der Waals surface area contributed by atoms with Crippen molar-refractivity contribution in [3.63, 3.8) is 0 Å². The van der Waals surface area contributed by atoms with Gasteiger partial charge in [0.25, 0.3) is 0 Å². The number of aliphatic carboxylic acids is 1. The molecule has 2 rings (SSSR count). The summed E-state index contributed by atoms with van der Waals surface area (Å²) in [5, 5.41) is 18.6. The molecule has 21 heavy (non-hydrogen) atoms. The van der Waals surface area contributed by atoms with Crippen LogP contribution < -0.4 is 0 Å². The van der Waals surface area contributed by atoms with E-state index in [-0.39, 0.29) is 23.9 Å². The maximum Gasteiger partial charge on any atom is 0.327 e. The molecule has 120 valence electrons. The smallest absolute Gasteiger partial charge is 0.327 e. The van der Waals surface area contributed by atoms with E-state index in [1.165, 1.54) is 0 Å². The van der Waals surface area contributed by atoms with Crippen LogP contribution in [0.1, 0.15) is 32.6 Å². The predicted molar refractivity (Wildman–Crippen MR) is 81.2 cm³/mol. The van der Waals surface area contributed by atoms with Crippen LogP contribution in [0.15, 0.2) is 0 Å². The quantitative estimate of drug-likeness (QED) is 0.820. The molecule has 0 saturated carbocycles. The number of urea groups is 1. The van der Waals surface area contributed by atoms with E-state index in [9.17, 15) is 19.8 Å². The van der Waals surface area contributed by atoms with Gasteiger partial charge >= 0.3 is 12.0 Å². The second-order valence-corrected chi connectivity index (χ2v) is 6.97. The summed E-state index contributed by atoms with van der Waals surface area (Å²) >= 11 is 1.56. The third-order valence-corrected chi connectivity index (χ3v) is 5.54. The molecule has 3 atom stereocenters. The van der Waals surface area contributed by atoms with Crippen LogP contribution >= 0.6 is 11.8 Å². The van der Waals surface area contributed by atoms with Crippen LogP contribution in [0.2, 0.25) is 0 Å². The Morgan fingerprint density at radius 2 is 2.14 bits per heavy atom. The Bertz CT molecular complexity index is 393. The Kier molecular flexibility index (Phi) is 5.75. The Hall–Kier alpha value is -0.950. The molecular formula is C14H24N2O4S. The maximum atomic E-state index is 12.8. The van der Waals surface area contributed by atoms with Gasteiger partial charge in [-0.3, -0.25) is 4.90 Å². The highest BCUT2D eigenvalue weighted by atomic mass is 32.2. The van der Waals surface area contributed by atoms with Gasteiger partial charge in [-0.05, 0) is 25.2 Å². The van der Waals surface area contributed by atoms with Crippen LogP contribution in [-0.4, -0.2) is 68.9 Å². The first-order valence-electron chi connectivity index (χ1n) is 7.61. The van der Waals surface area contributed by atoms with Gasteiger partial charge in [0, 0.05) is 25.4 Å². The molecule has 0 aliphatic carbocycles. The third-order valence-electron chi connectivity index (χ3n) is 4.18. The first kappa shape index (κ1) is 16.4. The number of amides is 2. The van der Waals surface area contributed by atoms with E-state index in [2.05, 4.69) is 0 Å². The number of hydrogen-bond acceptors (Lipinski definition) is 4. The number of nitrogens with zero attached hydrogens (tertiary/aromatic N) is 2. The summed E-state index contributed by atoms with van der Waals surface area (Å²) in [4.78, 5) is 27.4. The number of carboxylic acid groups (broad SMARTS) is 1. The number of aliphatic hydroxyl groups is 1. The number of aliphatic hydroxyl groups excluding tert-OH is 1. The van der Waals surface area contributed by atoms with Crippen molar-refractivity contribution in [1.29, 1.82) is 0 Å². The van der Waals surface area contributed by atoms with Gasteiger partial charge in [0.15, 0.2) is 0 Å². The molecule has 0 aromatic carbocycles. The third kappa shape index (κ3) is 3.63. The summed E-state index contributed by atoms with van der Waals surface area (Å²) in [7, 11) is 0. The first-order chi connectivity index (χ1) is 10.1. The zero-order chi connectivity index (χ0) is 15.4. The van der Waals surface area contributed by atoms with Crippen LogP contribution in [0, 0.1) is 5.92 Å². The first-order valence-corrected chi connectivity index (χ1v) is 8.65. The Morgan fingerprint density at radius 1 is 1.38 bits per heavy atom. The predicted octanol–water partition coefficient (Wildman–Crippen LogP) is 1.44. The molecular weight excluding hydrogens is 292 g/mol. The van der Waals surface area contributed by atoms with Gasteiger partial charge < -0.3 is 15.1 Å². The van der Waals surface area contributed by atoms with Gasteiger partial charge in [0.2, 0.25) is 0 Å². The van der Waals surface area contributed by atoms with Gasteiger partial charge in [-0.25, -0.2) is 9.59 Å². The molecule has 0 spiro atoms. The monoisotopic (exact) mass is 316 g/mol. The lowest BCUT2D eigenvalue weighted by Gasteiger charge is -2.37. The lowest BCUT2D eigenvalue weighted by atomic mass is 9.99. The fraction of sp³-hybridized carbons (Fsp3) is 0.857. The fourth-order valence-electron chi connectivity index (χ4n) is 3.03. The van der Waals surface area contributed by atoms with E-state index in [4.69, 9.17) is 0 Å². The number of carbonyl (C=O) groups excluding carboxylic acids is 1. The van der Waals surface area contributed by atoms with Crippen LogP contribution in [-0.2, 0) is 4.79 Å². The number of hydrogen-bond donors (Lipinski definition) is 2. The average molecular weight is 316 g/mol. The van der Waals surface area contributed by atoms with Crippen molar-refractivity contribution in [2.45, 2.75) is 44.0 Å². The van der Waals surface area contributed by atoms with Gasteiger partial charge in [-0.2, -0.15) is 0 Å². The summed E-state index contributed by atoms with van der Waals surface area (Å²) in [6, 6.07) is -0.905. The fourth-order valence-corrected chi connectivity index (χ4v) is 4.54. The minimum Gasteiger partial charge on any atom is -0.480 e. The highest BCUT2D eigenvalue weighted by Gasteiger charge is 2.43. The largest absolute Gasteiger partial charge is 0.480 e. The highest BCUT2D eigenvalue weighted by Crippen LogP contribution is 2.34. The minimum absolute atomic E-state index is 0.0434. The maximum absolute atomic E-state index is 12.8. The highest BCUT2D eigenvalue weighted by molar-refractivity contribution is 8.00. The van der Waals surface area contributed by atoms with E-state index in [0.29, 0.717) is 18.8 Å². The number of piperidine rings is 1. The van der Waals surface area contributed by atoms with Crippen LogP contribution in [0.3, 0.4) is 0 Å². The van der Waals surface area contributed by atoms with E-state index in [1.54, 1.807) is 21.6 Å². The molecule has 6 nitrogen and oxygen atoms in total. The summed E-state index contributed by atoms with van der Waals surface area (Å²) in [5.74, 6) is -0.348. The number of thioether (sulfide) groups is 1. The molecule has 2 fully saturated rings. The average Bonchev–Trinajstić information content (AvgIpc) is 2.91. The van der Waals surface area contributed by atoms with Crippen molar-refractivity contribution in [3.05, 3.63) is 0 Å². The van der Waals surface area contributed by atoms with Crippen molar-refractivity contribution in [3.8, 4) is 0 Å². The van der Waals surface area contributed by atoms with Crippen LogP contribution in [0.4, 0.5) is 4.79 Å². The number of likely N-dealkylation sites (tertiary alicyclic amines) is 1. The van der Waals surface area contributed by atoms with Crippen molar-refractivity contribution in [2.24, 2.45) is 5.92 Å². The molecule has 2 amide bonds. The van der Waals surface area contributed by atoms with Crippen LogP contribution in [0.5, 0.6) is 0 Å². The Labute approximate surface area is 129 Å². The normalized spacial score (nSPS) is 29.7. The zero-order valence-electron chi connectivity index (χ0n) is 12.4. The summed E-state index contributed by atoms with van der Waals surface area (Å²) in [6.07, 6.45) is 3.54. The molecule has 0 aromatic rings. The summed E-state index contributed by atoms with van der Waals surface area (Å²) in [5.41, 5.74) is 0. The number of carbonyl (C=O) groups is 2. The molecule has 2 aliphatic heterocycles. The SMILES string of the molecule is CCCC1SCC(C(=O)O)N1C(=O)N1CCCC(CO)C1. The Morgan fingerprint density at radius 3 is 2.76 bits per heavy atom. The second-order valence-electron chi connectivity index (χ2n) is 5.76. The van der Waals surface area contributed by atoms with Gasteiger partial charge in [0.05, 0.1) is 5.37 Å². The van der Waals surface area contributed by atoms with Gasteiger partial charge in [-0.15, -0.1) is 11.8 Å². The molecule has 2 heterocycles. The zero-order valence-corrected chi connectivity index (χ0v) is 13.2. The molecule has 0 aromatic heterocycles. The molecule has 7 heteroatoms. The molecule has 2 saturated heterocycles. The van der Waals surface area contributed by atoms with Gasteiger partial charge in [0.1, 0.15) is 6.04 Å². The topological polar surface area (TPSA) is 81.1 Å². The molecule has 3 unspecified atom stereocenters. The standard InChI is InChI=1S/C14H24N2O4S/c1-2-4-12-16(11(9-21-12)13(18)19)14(20)15-6-3-5-10(7-15)8-17/h10-12,17H,2-9H2,1H3,(H,18,19). The lowest BCUT2D eigenvalue weighted by molar-refractivity contribution is -0.141. The van der Waals surface area contributed by atoms with Crippen molar-refractivity contribution in [2.75, 3.05) is 25.4 Å². The minimum atomic E-state index is -0.926. The van der Waals surface area contributed by atoms with E-state index < -0.39 is 12.0 Å². The van der Waals surface area contributed by atoms with E-state index in [1.807, 2.05) is 6.92 Å². The lowest BCUT2D eigenvalue weighted by Crippen LogP contribution is -2.54. The molecule has 0 radical (unpaired) electrons. The second kappa shape index (κ2) is 7.35. The van der Waals surface area contributed by atoms with Crippen molar-refractivity contribution >= 4 is 23.8 Å². The molecule has 2 aliphatic rings. The number of carboxylic acids is 1. The molecule has 0 bridgehead atoms.